The van der Waals surface area contributed by atoms with Gasteiger partial charge in [0.15, 0.2) is 0 Å². The molecule has 1 aliphatic rings. The van der Waals surface area contributed by atoms with Gasteiger partial charge < -0.3 is 5.32 Å². The molecule has 0 spiro atoms. The van der Waals surface area contributed by atoms with Gasteiger partial charge in [0, 0.05) is 23.5 Å². The van der Waals surface area contributed by atoms with Crippen molar-refractivity contribution in [3.63, 3.8) is 0 Å². The van der Waals surface area contributed by atoms with Crippen LogP contribution in [0.15, 0.2) is 12.5 Å². The minimum absolute atomic E-state index is 0.342. The van der Waals surface area contributed by atoms with Crippen molar-refractivity contribution >= 4 is 0 Å². The zero-order chi connectivity index (χ0) is 10.2. The third-order valence-electron chi connectivity index (χ3n) is 2.95. The van der Waals surface area contributed by atoms with Crippen LogP contribution in [-0.2, 0) is 6.42 Å². The van der Waals surface area contributed by atoms with Crippen LogP contribution in [-0.4, -0.2) is 17.0 Å². The van der Waals surface area contributed by atoms with E-state index in [9.17, 15) is 0 Å². The lowest BCUT2D eigenvalue weighted by Gasteiger charge is -2.35. The predicted molar refractivity (Wildman–Crippen MR) is 55.9 cm³/mol. The summed E-state index contributed by atoms with van der Waals surface area (Å²) in [4.78, 5) is 8.45. The molecule has 3 heteroatoms. The first-order valence-corrected chi connectivity index (χ1v) is 5.08. The largest absolute Gasteiger partial charge is 0.313 e. The summed E-state index contributed by atoms with van der Waals surface area (Å²) >= 11 is 0. The SMILES string of the molecule is CNC1CC(C)(C)Cc2ncncc21. The average molecular weight is 191 g/mol. The Balaban J connectivity index is 2.41. The van der Waals surface area contributed by atoms with E-state index in [1.807, 2.05) is 13.2 Å². The van der Waals surface area contributed by atoms with Crippen molar-refractivity contribution in [2.24, 2.45) is 5.41 Å². The van der Waals surface area contributed by atoms with E-state index in [2.05, 4.69) is 29.1 Å². The second-order valence-electron chi connectivity index (χ2n) is 4.81. The molecule has 1 N–H and O–H groups in total. The van der Waals surface area contributed by atoms with Gasteiger partial charge in [0.25, 0.3) is 0 Å². The Morgan fingerprint density at radius 3 is 3.00 bits per heavy atom. The van der Waals surface area contributed by atoms with Gasteiger partial charge >= 0.3 is 0 Å². The molecular formula is C11H17N3. The molecule has 2 rings (SSSR count). The highest BCUT2D eigenvalue weighted by Crippen LogP contribution is 2.38. The standard InChI is InChI=1S/C11H17N3/c1-11(2)4-9(12-3)8-6-13-7-14-10(8)5-11/h6-7,9,12H,4-5H2,1-3H3. The van der Waals surface area contributed by atoms with Crippen molar-refractivity contribution < 1.29 is 0 Å². The molecule has 0 saturated carbocycles. The zero-order valence-electron chi connectivity index (χ0n) is 9.04. The van der Waals surface area contributed by atoms with Crippen LogP contribution in [0.3, 0.4) is 0 Å². The van der Waals surface area contributed by atoms with Gasteiger partial charge in [-0.25, -0.2) is 9.97 Å². The van der Waals surface area contributed by atoms with E-state index in [1.54, 1.807) is 6.33 Å². The lowest BCUT2D eigenvalue weighted by molar-refractivity contribution is 0.260. The fraction of sp³-hybridized carbons (Fsp3) is 0.636. The summed E-state index contributed by atoms with van der Waals surface area (Å²) < 4.78 is 0. The number of hydrogen-bond donors (Lipinski definition) is 1. The van der Waals surface area contributed by atoms with Gasteiger partial charge in [-0.05, 0) is 25.3 Å². The van der Waals surface area contributed by atoms with Crippen molar-refractivity contribution in [1.29, 1.82) is 0 Å². The third-order valence-corrected chi connectivity index (χ3v) is 2.95. The first kappa shape index (κ1) is 9.59. The first-order chi connectivity index (χ1) is 6.62. The van der Waals surface area contributed by atoms with E-state index in [0.717, 1.165) is 12.8 Å². The van der Waals surface area contributed by atoms with E-state index >= 15 is 0 Å². The second-order valence-corrected chi connectivity index (χ2v) is 4.81. The van der Waals surface area contributed by atoms with Crippen molar-refractivity contribution in [2.75, 3.05) is 7.05 Å². The maximum absolute atomic E-state index is 4.36. The summed E-state index contributed by atoms with van der Waals surface area (Å²) in [7, 11) is 2.00. The van der Waals surface area contributed by atoms with E-state index in [0.29, 0.717) is 11.5 Å². The monoisotopic (exact) mass is 191 g/mol. The Kier molecular flexibility index (Phi) is 2.27. The smallest absolute Gasteiger partial charge is 0.115 e. The number of aromatic nitrogens is 2. The second kappa shape index (κ2) is 3.31. The molecule has 1 aliphatic carbocycles. The molecule has 76 valence electrons. The summed E-state index contributed by atoms with van der Waals surface area (Å²) in [5.41, 5.74) is 2.82. The van der Waals surface area contributed by atoms with Gasteiger partial charge in [0.05, 0.1) is 0 Å². The Labute approximate surface area is 85.0 Å². The van der Waals surface area contributed by atoms with Crippen molar-refractivity contribution in [2.45, 2.75) is 32.7 Å². The molecule has 1 aromatic rings. The normalized spacial score (nSPS) is 24.4. The average Bonchev–Trinajstić information content (AvgIpc) is 2.15. The molecule has 1 heterocycles. The Morgan fingerprint density at radius 2 is 2.29 bits per heavy atom. The summed E-state index contributed by atoms with van der Waals surface area (Å²) in [6, 6.07) is 0.412. The highest BCUT2D eigenvalue weighted by Gasteiger charge is 2.32. The van der Waals surface area contributed by atoms with Gasteiger partial charge in [-0.3, -0.25) is 0 Å². The molecule has 0 aliphatic heterocycles. The summed E-state index contributed by atoms with van der Waals surface area (Å²) in [5.74, 6) is 0. The Morgan fingerprint density at radius 1 is 1.50 bits per heavy atom. The molecular weight excluding hydrogens is 174 g/mol. The lowest BCUT2D eigenvalue weighted by Crippen LogP contribution is -2.32. The molecule has 1 unspecified atom stereocenters. The molecule has 0 radical (unpaired) electrons. The Hall–Kier alpha value is -0.960. The lowest BCUT2D eigenvalue weighted by atomic mass is 9.74. The Bertz CT molecular complexity index is 333. The fourth-order valence-electron chi connectivity index (χ4n) is 2.25. The van der Waals surface area contributed by atoms with Gasteiger partial charge in [-0.1, -0.05) is 13.8 Å². The molecule has 0 fully saturated rings. The van der Waals surface area contributed by atoms with Crippen LogP contribution in [0.5, 0.6) is 0 Å². The van der Waals surface area contributed by atoms with Crippen LogP contribution >= 0.6 is 0 Å². The zero-order valence-corrected chi connectivity index (χ0v) is 9.04. The maximum atomic E-state index is 4.36. The van der Waals surface area contributed by atoms with Crippen LogP contribution in [0.1, 0.15) is 37.6 Å². The highest BCUT2D eigenvalue weighted by molar-refractivity contribution is 5.25. The van der Waals surface area contributed by atoms with Crippen LogP contribution in [0.25, 0.3) is 0 Å². The first-order valence-electron chi connectivity index (χ1n) is 5.08. The molecule has 1 atom stereocenters. The van der Waals surface area contributed by atoms with Crippen molar-refractivity contribution in [3.8, 4) is 0 Å². The number of fused-ring (bicyclic) bond motifs is 1. The topological polar surface area (TPSA) is 37.8 Å². The van der Waals surface area contributed by atoms with E-state index in [1.165, 1.54) is 11.3 Å². The summed E-state index contributed by atoms with van der Waals surface area (Å²) in [5, 5.41) is 3.34. The van der Waals surface area contributed by atoms with Gasteiger partial charge in [-0.15, -0.1) is 0 Å². The van der Waals surface area contributed by atoms with Gasteiger partial charge in [-0.2, -0.15) is 0 Å². The van der Waals surface area contributed by atoms with Crippen LogP contribution in [0.4, 0.5) is 0 Å². The molecule has 0 bridgehead atoms. The van der Waals surface area contributed by atoms with Crippen LogP contribution in [0.2, 0.25) is 0 Å². The van der Waals surface area contributed by atoms with Crippen LogP contribution in [0, 0.1) is 5.41 Å². The molecule has 14 heavy (non-hydrogen) atoms. The van der Waals surface area contributed by atoms with Gasteiger partial charge in [0.2, 0.25) is 0 Å². The third kappa shape index (κ3) is 1.64. The summed E-state index contributed by atoms with van der Waals surface area (Å²) in [6.45, 7) is 4.59. The molecule has 1 aromatic heterocycles. The quantitative estimate of drug-likeness (QED) is 0.734. The van der Waals surface area contributed by atoms with Crippen LogP contribution < -0.4 is 5.32 Å². The van der Waals surface area contributed by atoms with E-state index in [-0.39, 0.29) is 0 Å². The fourth-order valence-corrected chi connectivity index (χ4v) is 2.25. The minimum atomic E-state index is 0.342. The summed E-state index contributed by atoms with van der Waals surface area (Å²) in [6.07, 6.45) is 5.80. The van der Waals surface area contributed by atoms with Gasteiger partial charge in [0.1, 0.15) is 6.33 Å². The molecule has 0 saturated heterocycles. The van der Waals surface area contributed by atoms with Crippen molar-refractivity contribution in [3.05, 3.63) is 23.8 Å². The molecule has 0 aromatic carbocycles. The highest BCUT2D eigenvalue weighted by atomic mass is 14.9. The maximum Gasteiger partial charge on any atom is 0.115 e. The minimum Gasteiger partial charge on any atom is -0.313 e. The number of nitrogens with one attached hydrogen (secondary N) is 1. The van der Waals surface area contributed by atoms with Crippen molar-refractivity contribution in [1.82, 2.24) is 15.3 Å². The van der Waals surface area contributed by atoms with E-state index in [4.69, 9.17) is 0 Å². The number of nitrogens with zero attached hydrogens (tertiary/aromatic N) is 2. The number of hydrogen-bond acceptors (Lipinski definition) is 3. The number of rotatable bonds is 1. The predicted octanol–water partition coefficient (Wildman–Crippen LogP) is 1.71. The van der Waals surface area contributed by atoms with E-state index < -0.39 is 0 Å². The molecule has 3 nitrogen and oxygen atoms in total. The molecule has 0 amide bonds.